The number of alkyl halides is 2. The minimum atomic E-state index is -3.24. The lowest BCUT2D eigenvalue weighted by molar-refractivity contribution is -0.111. The van der Waals surface area contributed by atoms with E-state index in [1.807, 2.05) is 0 Å². The Hall–Kier alpha value is -3.31. The maximum Gasteiger partial charge on any atom is 0.387 e. The van der Waals surface area contributed by atoms with Gasteiger partial charge < -0.3 is 4.74 Å². The van der Waals surface area contributed by atoms with Crippen LogP contribution in [-0.2, 0) is 14.8 Å². The molecule has 1 aromatic heterocycles. The van der Waals surface area contributed by atoms with E-state index in [0.29, 0.717) is 35.0 Å². The molecule has 0 saturated carbocycles. The topological polar surface area (TPSA) is 88.6 Å². The van der Waals surface area contributed by atoms with Crippen LogP contribution >= 0.6 is 11.3 Å². The van der Waals surface area contributed by atoms with Crippen LogP contribution in [0.4, 0.5) is 19.6 Å². The summed E-state index contributed by atoms with van der Waals surface area (Å²) in [6, 6.07) is 13.2. The Morgan fingerprint density at radius 1 is 1.18 bits per heavy atom. The maximum atomic E-state index is 12.6. The van der Waals surface area contributed by atoms with Crippen LogP contribution in [0.2, 0.25) is 0 Å². The molecule has 33 heavy (non-hydrogen) atoms. The minimum Gasteiger partial charge on any atom is -0.434 e. The molecule has 1 aliphatic heterocycles. The van der Waals surface area contributed by atoms with Crippen molar-refractivity contribution in [3.8, 4) is 17.0 Å². The number of halogens is 2. The van der Waals surface area contributed by atoms with Crippen LogP contribution in [0.5, 0.6) is 5.75 Å². The van der Waals surface area contributed by atoms with Crippen molar-refractivity contribution in [1.29, 1.82) is 0 Å². The van der Waals surface area contributed by atoms with Gasteiger partial charge in [-0.05, 0) is 42.3 Å². The van der Waals surface area contributed by atoms with Crippen LogP contribution in [0.25, 0.3) is 17.3 Å². The molecule has 0 radical (unpaired) electrons. The molecular formula is C22H19F2N3O4S2. The summed E-state index contributed by atoms with van der Waals surface area (Å²) < 4.78 is 55.2. The molecule has 7 nitrogen and oxygen atoms in total. The molecule has 2 heterocycles. The zero-order valence-electron chi connectivity index (χ0n) is 17.1. The molecule has 1 saturated heterocycles. The van der Waals surface area contributed by atoms with Gasteiger partial charge in [0.15, 0.2) is 5.13 Å². The van der Waals surface area contributed by atoms with E-state index in [1.54, 1.807) is 53.9 Å². The first-order valence-electron chi connectivity index (χ1n) is 9.91. The summed E-state index contributed by atoms with van der Waals surface area (Å²) in [5, 5.41) is 4.58. The van der Waals surface area contributed by atoms with E-state index >= 15 is 0 Å². The molecule has 1 N–H and O–H groups in total. The third kappa shape index (κ3) is 5.55. The summed E-state index contributed by atoms with van der Waals surface area (Å²) in [6.45, 7) is -2.49. The second-order valence-electron chi connectivity index (χ2n) is 7.07. The van der Waals surface area contributed by atoms with Crippen molar-refractivity contribution in [3.05, 3.63) is 65.6 Å². The van der Waals surface area contributed by atoms with Crippen molar-refractivity contribution in [1.82, 2.24) is 4.98 Å². The fourth-order valence-corrected chi connectivity index (χ4v) is 5.61. The predicted molar refractivity (Wildman–Crippen MR) is 124 cm³/mol. The molecule has 0 aliphatic carbocycles. The number of aromatic nitrogens is 1. The van der Waals surface area contributed by atoms with Crippen LogP contribution in [0.15, 0.2) is 60.0 Å². The lowest BCUT2D eigenvalue weighted by Crippen LogP contribution is -2.24. The molecule has 4 rings (SSSR count). The van der Waals surface area contributed by atoms with E-state index in [2.05, 4.69) is 15.0 Å². The number of rotatable bonds is 7. The van der Waals surface area contributed by atoms with Gasteiger partial charge in [-0.3, -0.25) is 14.4 Å². The van der Waals surface area contributed by atoms with E-state index in [9.17, 15) is 22.0 Å². The Kier molecular flexibility index (Phi) is 6.70. The van der Waals surface area contributed by atoms with E-state index in [-0.39, 0.29) is 11.5 Å². The highest BCUT2D eigenvalue weighted by molar-refractivity contribution is 7.93. The van der Waals surface area contributed by atoms with Crippen molar-refractivity contribution >= 4 is 44.2 Å². The fourth-order valence-electron chi connectivity index (χ4n) is 3.33. The van der Waals surface area contributed by atoms with Gasteiger partial charge in [0.05, 0.1) is 17.1 Å². The molecular weight excluding hydrogens is 472 g/mol. The maximum absolute atomic E-state index is 12.6. The molecule has 172 valence electrons. The summed E-state index contributed by atoms with van der Waals surface area (Å²) in [6.07, 6.45) is 3.53. The van der Waals surface area contributed by atoms with Crippen molar-refractivity contribution in [3.63, 3.8) is 0 Å². The summed E-state index contributed by atoms with van der Waals surface area (Å²) in [7, 11) is -3.24. The molecule has 0 unspecified atom stereocenters. The molecule has 0 bridgehead atoms. The number of carbonyl (C=O) groups excluding carboxylic acids is 1. The standard InChI is InChI=1S/C22H19F2N3O4S2/c23-21(24)31-19-5-2-1-4-17(19)18-14-32-22(25-18)26-20(28)11-8-15-6-9-16(10-7-15)27-12-3-13-33(27,29)30/h1-2,4-11,14,21H,3,12-13H2,(H,25,26,28)/b11-8+. The second kappa shape index (κ2) is 9.67. The van der Waals surface area contributed by atoms with E-state index < -0.39 is 22.5 Å². The number of anilines is 2. The van der Waals surface area contributed by atoms with E-state index in [0.717, 1.165) is 16.9 Å². The van der Waals surface area contributed by atoms with Crippen LogP contribution in [0.1, 0.15) is 12.0 Å². The molecule has 1 amide bonds. The van der Waals surface area contributed by atoms with Gasteiger partial charge in [0, 0.05) is 23.6 Å². The van der Waals surface area contributed by atoms with Crippen LogP contribution in [0, 0.1) is 0 Å². The number of para-hydroxylation sites is 1. The summed E-state index contributed by atoms with van der Waals surface area (Å²) in [5.74, 6) is -0.266. The SMILES string of the molecule is O=C(/C=C/c1ccc(N2CCCS2(=O)=O)cc1)Nc1nc(-c2ccccc2OC(F)F)cs1. The number of hydrogen-bond acceptors (Lipinski definition) is 6. The molecule has 11 heteroatoms. The molecule has 0 spiro atoms. The van der Waals surface area contributed by atoms with Gasteiger partial charge in [-0.15, -0.1) is 11.3 Å². The van der Waals surface area contributed by atoms with Crippen molar-refractivity contribution in [2.75, 3.05) is 21.9 Å². The summed E-state index contributed by atoms with van der Waals surface area (Å²) in [4.78, 5) is 16.5. The van der Waals surface area contributed by atoms with Crippen LogP contribution < -0.4 is 14.4 Å². The highest BCUT2D eigenvalue weighted by Gasteiger charge is 2.28. The summed E-state index contributed by atoms with van der Waals surface area (Å²) >= 11 is 1.16. The van der Waals surface area contributed by atoms with Crippen LogP contribution in [0.3, 0.4) is 0 Å². The average Bonchev–Trinajstić information content (AvgIpc) is 3.38. The van der Waals surface area contributed by atoms with Gasteiger partial charge in [0.1, 0.15) is 5.75 Å². The van der Waals surface area contributed by atoms with Crippen molar-refractivity contribution < 1.29 is 26.7 Å². The Morgan fingerprint density at radius 3 is 2.64 bits per heavy atom. The van der Waals surface area contributed by atoms with Gasteiger partial charge in [0.2, 0.25) is 15.9 Å². The Labute approximate surface area is 193 Å². The number of amides is 1. The third-order valence-corrected chi connectivity index (χ3v) is 7.45. The average molecular weight is 492 g/mol. The van der Waals surface area contributed by atoms with E-state index in [1.165, 1.54) is 16.4 Å². The molecule has 2 aromatic carbocycles. The molecule has 3 aromatic rings. The lowest BCUT2D eigenvalue weighted by atomic mass is 10.1. The normalized spacial score (nSPS) is 15.3. The Morgan fingerprint density at radius 2 is 1.94 bits per heavy atom. The first-order valence-corrected chi connectivity index (χ1v) is 12.4. The molecule has 1 fully saturated rings. The van der Waals surface area contributed by atoms with Gasteiger partial charge in [0.25, 0.3) is 0 Å². The van der Waals surface area contributed by atoms with E-state index in [4.69, 9.17) is 0 Å². The lowest BCUT2D eigenvalue weighted by Gasteiger charge is -2.16. The van der Waals surface area contributed by atoms with Crippen molar-refractivity contribution in [2.24, 2.45) is 0 Å². The number of carbonyl (C=O) groups is 1. The quantitative estimate of drug-likeness (QED) is 0.488. The molecule has 0 atom stereocenters. The van der Waals surface area contributed by atoms with Gasteiger partial charge in [-0.2, -0.15) is 8.78 Å². The smallest absolute Gasteiger partial charge is 0.387 e. The number of ether oxygens (including phenoxy) is 1. The third-order valence-electron chi connectivity index (χ3n) is 4.82. The van der Waals surface area contributed by atoms with Gasteiger partial charge in [-0.25, -0.2) is 13.4 Å². The van der Waals surface area contributed by atoms with Crippen LogP contribution in [-0.4, -0.2) is 38.2 Å². The first-order chi connectivity index (χ1) is 15.8. The number of sulfonamides is 1. The zero-order valence-corrected chi connectivity index (χ0v) is 18.8. The summed E-state index contributed by atoms with van der Waals surface area (Å²) in [5.41, 5.74) is 2.12. The highest BCUT2D eigenvalue weighted by Crippen LogP contribution is 2.33. The second-order valence-corrected chi connectivity index (χ2v) is 9.94. The minimum absolute atomic E-state index is 0.000694. The van der Waals surface area contributed by atoms with Crippen molar-refractivity contribution in [2.45, 2.75) is 13.0 Å². The first kappa shape index (κ1) is 22.9. The fraction of sp³-hybridized carbons (Fsp3) is 0.182. The van der Waals surface area contributed by atoms with Gasteiger partial charge >= 0.3 is 6.61 Å². The number of hydrogen-bond donors (Lipinski definition) is 1. The Bertz CT molecular complexity index is 1270. The predicted octanol–water partition coefficient (Wildman–Crippen LogP) is 4.60. The molecule has 1 aliphatic rings. The van der Waals surface area contributed by atoms with Gasteiger partial charge in [-0.1, -0.05) is 24.3 Å². The monoisotopic (exact) mass is 491 g/mol. The number of thiazole rings is 1. The number of nitrogens with zero attached hydrogens (tertiary/aromatic N) is 2. The number of benzene rings is 2. The largest absolute Gasteiger partial charge is 0.434 e. The number of nitrogens with one attached hydrogen (secondary N) is 1. The highest BCUT2D eigenvalue weighted by atomic mass is 32.2. The zero-order chi connectivity index (χ0) is 23.4. The Balaban J connectivity index is 1.40.